The summed E-state index contributed by atoms with van der Waals surface area (Å²) < 4.78 is 5.84. The molecule has 0 radical (unpaired) electrons. The molecular formula is C20H23N3O2. The second kappa shape index (κ2) is 6.84. The molecule has 1 amide bonds. The highest BCUT2D eigenvalue weighted by Gasteiger charge is 2.28. The lowest BCUT2D eigenvalue weighted by molar-refractivity contribution is 0.1000. The number of nitrogens with one attached hydrogen (secondary N) is 1. The minimum Gasteiger partial charge on any atom is -0.439 e. The zero-order valence-electron chi connectivity index (χ0n) is 14.2. The van der Waals surface area contributed by atoms with Gasteiger partial charge in [-0.25, -0.2) is 4.98 Å². The van der Waals surface area contributed by atoms with E-state index in [9.17, 15) is 4.79 Å². The van der Waals surface area contributed by atoms with Crippen LogP contribution in [0.15, 0.2) is 36.5 Å². The summed E-state index contributed by atoms with van der Waals surface area (Å²) in [5.74, 6) is 1.61. The maximum Gasteiger partial charge on any atom is 0.250 e. The lowest BCUT2D eigenvalue weighted by atomic mass is 9.78. The van der Waals surface area contributed by atoms with Crippen LogP contribution in [-0.2, 0) is 13.0 Å². The number of carbonyl (C=O) groups excluding carboxylic acids is 1. The molecule has 1 aromatic heterocycles. The number of ether oxygens (including phenoxy) is 1. The molecular weight excluding hydrogens is 314 g/mol. The number of pyridine rings is 1. The van der Waals surface area contributed by atoms with E-state index in [1.54, 1.807) is 12.1 Å². The van der Waals surface area contributed by atoms with Gasteiger partial charge in [0.2, 0.25) is 11.8 Å². The molecule has 4 rings (SSSR count). The molecule has 5 heteroatoms. The van der Waals surface area contributed by atoms with Gasteiger partial charge in [-0.1, -0.05) is 12.5 Å². The third kappa shape index (κ3) is 3.51. The van der Waals surface area contributed by atoms with Crippen molar-refractivity contribution < 1.29 is 9.53 Å². The van der Waals surface area contributed by atoms with Gasteiger partial charge in [-0.2, -0.15) is 0 Å². The SMILES string of the molecule is NC(=O)c1ccc(Oc2ccc3c(c2)CCC(C2CCC2)NC3)nc1. The second-order valence-corrected chi connectivity index (χ2v) is 7.00. The normalized spacial score (nSPS) is 20.2. The number of nitrogens with zero attached hydrogens (tertiary/aromatic N) is 1. The quantitative estimate of drug-likeness (QED) is 0.898. The van der Waals surface area contributed by atoms with E-state index >= 15 is 0 Å². The first-order chi connectivity index (χ1) is 12.2. The van der Waals surface area contributed by atoms with Crippen LogP contribution < -0.4 is 15.8 Å². The molecule has 1 unspecified atom stereocenters. The fraction of sp³-hybridized carbons (Fsp3) is 0.400. The van der Waals surface area contributed by atoms with Crippen LogP contribution in [0.3, 0.4) is 0 Å². The van der Waals surface area contributed by atoms with Gasteiger partial charge in [0.1, 0.15) is 5.75 Å². The summed E-state index contributed by atoms with van der Waals surface area (Å²) in [6.07, 6.45) is 7.83. The molecule has 1 atom stereocenters. The predicted octanol–water partition coefficient (Wildman–Crippen LogP) is 3.18. The van der Waals surface area contributed by atoms with Gasteiger partial charge in [-0.15, -0.1) is 0 Å². The molecule has 3 N–H and O–H groups in total. The summed E-state index contributed by atoms with van der Waals surface area (Å²) in [4.78, 5) is 15.2. The molecule has 0 spiro atoms. The van der Waals surface area contributed by atoms with E-state index in [-0.39, 0.29) is 0 Å². The zero-order chi connectivity index (χ0) is 17.2. The van der Waals surface area contributed by atoms with Crippen molar-refractivity contribution >= 4 is 5.91 Å². The Balaban J connectivity index is 1.46. The van der Waals surface area contributed by atoms with Crippen LogP contribution in [0.2, 0.25) is 0 Å². The van der Waals surface area contributed by atoms with Crippen molar-refractivity contribution in [2.24, 2.45) is 11.7 Å². The molecule has 1 aliphatic carbocycles. The summed E-state index contributed by atoms with van der Waals surface area (Å²) in [7, 11) is 0. The molecule has 1 aliphatic heterocycles. The topological polar surface area (TPSA) is 77.2 Å². The third-order valence-electron chi connectivity index (χ3n) is 5.42. The van der Waals surface area contributed by atoms with Crippen LogP contribution in [0.25, 0.3) is 0 Å². The average Bonchev–Trinajstić information content (AvgIpc) is 2.77. The molecule has 5 nitrogen and oxygen atoms in total. The summed E-state index contributed by atoms with van der Waals surface area (Å²) in [5, 5.41) is 3.73. The number of primary amides is 1. The molecule has 130 valence electrons. The van der Waals surface area contributed by atoms with E-state index in [1.807, 2.05) is 6.07 Å². The minimum absolute atomic E-state index is 0.377. The number of carbonyl (C=O) groups is 1. The van der Waals surface area contributed by atoms with Crippen molar-refractivity contribution in [2.75, 3.05) is 0 Å². The highest BCUT2D eigenvalue weighted by Crippen LogP contribution is 2.34. The molecule has 25 heavy (non-hydrogen) atoms. The predicted molar refractivity (Wildman–Crippen MR) is 95.6 cm³/mol. The lowest BCUT2D eigenvalue weighted by Gasteiger charge is -2.33. The number of rotatable bonds is 4. The van der Waals surface area contributed by atoms with E-state index in [2.05, 4.69) is 22.4 Å². The number of nitrogens with two attached hydrogens (primary N) is 1. The fourth-order valence-corrected chi connectivity index (χ4v) is 3.68. The Morgan fingerprint density at radius 1 is 1.16 bits per heavy atom. The number of hydrogen-bond donors (Lipinski definition) is 2. The Hall–Kier alpha value is -2.40. The van der Waals surface area contributed by atoms with Crippen LogP contribution in [-0.4, -0.2) is 16.9 Å². The molecule has 1 aromatic carbocycles. The van der Waals surface area contributed by atoms with Crippen molar-refractivity contribution in [1.29, 1.82) is 0 Å². The Morgan fingerprint density at radius 3 is 2.72 bits per heavy atom. The Bertz CT molecular complexity index is 769. The standard InChI is InChI=1S/C20H23N3O2/c21-20(24)16-6-9-19(23-12-16)25-17-7-4-15-11-22-18(13-2-1-3-13)8-5-14(15)10-17/h4,6-7,9-10,12-13,18,22H,1-3,5,8,11H2,(H2,21,24). The lowest BCUT2D eigenvalue weighted by Crippen LogP contribution is -2.38. The minimum atomic E-state index is -0.488. The molecule has 1 saturated carbocycles. The van der Waals surface area contributed by atoms with E-state index in [1.165, 1.54) is 43.0 Å². The molecule has 0 bridgehead atoms. The number of amides is 1. The summed E-state index contributed by atoms with van der Waals surface area (Å²) >= 11 is 0. The monoisotopic (exact) mass is 337 g/mol. The van der Waals surface area contributed by atoms with Crippen LogP contribution in [0.1, 0.15) is 47.2 Å². The number of aryl methyl sites for hydroxylation is 1. The van der Waals surface area contributed by atoms with Gasteiger partial charge in [0.05, 0.1) is 5.56 Å². The Kier molecular flexibility index (Phi) is 4.40. The Morgan fingerprint density at radius 2 is 2.04 bits per heavy atom. The van der Waals surface area contributed by atoms with Crippen molar-refractivity contribution in [3.63, 3.8) is 0 Å². The number of fused-ring (bicyclic) bond motifs is 1. The number of benzene rings is 1. The highest BCUT2D eigenvalue weighted by atomic mass is 16.5. The molecule has 2 heterocycles. The van der Waals surface area contributed by atoms with Crippen molar-refractivity contribution in [2.45, 2.75) is 44.7 Å². The Labute approximate surface area is 147 Å². The summed E-state index contributed by atoms with van der Waals surface area (Å²) in [6.45, 7) is 0.933. The average molecular weight is 337 g/mol. The first kappa shape index (κ1) is 16.1. The van der Waals surface area contributed by atoms with Crippen LogP contribution >= 0.6 is 0 Å². The third-order valence-corrected chi connectivity index (χ3v) is 5.42. The van der Waals surface area contributed by atoms with Crippen molar-refractivity contribution in [1.82, 2.24) is 10.3 Å². The van der Waals surface area contributed by atoms with E-state index in [0.717, 1.165) is 24.6 Å². The van der Waals surface area contributed by atoms with Crippen LogP contribution in [0, 0.1) is 5.92 Å². The number of aromatic nitrogens is 1. The second-order valence-electron chi connectivity index (χ2n) is 7.00. The van der Waals surface area contributed by atoms with Gasteiger partial charge in [0.25, 0.3) is 0 Å². The fourth-order valence-electron chi connectivity index (χ4n) is 3.68. The van der Waals surface area contributed by atoms with Gasteiger partial charge in [0.15, 0.2) is 0 Å². The van der Waals surface area contributed by atoms with Gasteiger partial charge in [-0.3, -0.25) is 4.79 Å². The molecule has 2 aromatic rings. The van der Waals surface area contributed by atoms with Gasteiger partial charge in [-0.05, 0) is 60.9 Å². The molecule has 2 aliphatic rings. The smallest absolute Gasteiger partial charge is 0.250 e. The van der Waals surface area contributed by atoms with Gasteiger partial charge < -0.3 is 15.8 Å². The molecule has 0 saturated heterocycles. The van der Waals surface area contributed by atoms with Gasteiger partial charge >= 0.3 is 0 Å². The zero-order valence-corrected chi connectivity index (χ0v) is 14.2. The number of hydrogen-bond acceptors (Lipinski definition) is 4. The van der Waals surface area contributed by atoms with Crippen LogP contribution in [0.4, 0.5) is 0 Å². The van der Waals surface area contributed by atoms with E-state index < -0.39 is 5.91 Å². The summed E-state index contributed by atoms with van der Waals surface area (Å²) in [6, 6.07) is 10.2. The first-order valence-corrected chi connectivity index (χ1v) is 8.98. The van der Waals surface area contributed by atoms with Crippen molar-refractivity contribution in [3.05, 3.63) is 53.2 Å². The largest absolute Gasteiger partial charge is 0.439 e. The molecule has 1 fully saturated rings. The maximum atomic E-state index is 11.1. The highest BCUT2D eigenvalue weighted by molar-refractivity contribution is 5.92. The van der Waals surface area contributed by atoms with E-state index in [0.29, 0.717) is 17.5 Å². The van der Waals surface area contributed by atoms with E-state index in [4.69, 9.17) is 10.5 Å². The summed E-state index contributed by atoms with van der Waals surface area (Å²) in [5.41, 5.74) is 8.31. The first-order valence-electron chi connectivity index (χ1n) is 8.98. The van der Waals surface area contributed by atoms with Crippen molar-refractivity contribution in [3.8, 4) is 11.6 Å². The van der Waals surface area contributed by atoms with Crippen LogP contribution in [0.5, 0.6) is 11.6 Å². The van der Waals surface area contributed by atoms with Gasteiger partial charge in [0, 0.05) is 24.8 Å². The maximum absolute atomic E-state index is 11.1.